The third-order valence-corrected chi connectivity index (χ3v) is 2.79. The molecule has 0 aliphatic heterocycles. The number of benzene rings is 1. The van der Waals surface area contributed by atoms with Crippen molar-refractivity contribution in [1.82, 2.24) is 4.98 Å². The van der Waals surface area contributed by atoms with E-state index in [2.05, 4.69) is 4.98 Å². The Balaban J connectivity index is 2.39. The molecule has 0 bridgehead atoms. The molecule has 84 valence electrons. The van der Waals surface area contributed by atoms with E-state index in [-0.39, 0.29) is 6.10 Å². The number of hydrogen-bond acceptors (Lipinski definition) is 3. The van der Waals surface area contributed by atoms with Crippen molar-refractivity contribution in [3.05, 3.63) is 42.1 Å². The molecule has 0 amide bonds. The molecule has 1 aromatic carbocycles. The summed E-state index contributed by atoms with van der Waals surface area (Å²) in [5, 5.41) is 11.1. The number of aliphatic hydroxyl groups is 1. The molecule has 2 unspecified atom stereocenters. The van der Waals surface area contributed by atoms with Gasteiger partial charge in [-0.25, -0.2) is 0 Å². The largest absolute Gasteiger partial charge is 0.386 e. The van der Waals surface area contributed by atoms with Crippen LogP contribution in [0, 0.1) is 0 Å². The number of nitrogens with zero attached hydrogens (tertiary/aromatic N) is 1. The number of pyridine rings is 1. The monoisotopic (exact) mass is 217 g/mol. The SMILES string of the molecule is COC(C)C(O)c1ccc2cccnc2c1. The summed E-state index contributed by atoms with van der Waals surface area (Å²) in [5.74, 6) is 0. The lowest BCUT2D eigenvalue weighted by Crippen LogP contribution is -2.16. The Hall–Kier alpha value is -1.45. The zero-order valence-electron chi connectivity index (χ0n) is 9.42. The van der Waals surface area contributed by atoms with Gasteiger partial charge in [-0.1, -0.05) is 18.2 Å². The van der Waals surface area contributed by atoms with E-state index < -0.39 is 6.10 Å². The zero-order chi connectivity index (χ0) is 11.5. The smallest absolute Gasteiger partial charge is 0.105 e. The quantitative estimate of drug-likeness (QED) is 0.857. The molecule has 3 nitrogen and oxygen atoms in total. The fourth-order valence-electron chi connectivity index (χ4n) is 1.67. The summed E-state index contributed by atoms with van der Waals surface area (Å²) < 4.78 is 5.11. The third-order valence-electron chi connectivity index (χ3n) is 2.79. The highest BCUT2D eigenvalue weighted by Gasteiger charge is 2.15. The molecule has 0 saturated heterocycles. The first-order valence-corrected chi connectivity index (χ1v) is 5.28. The van der Waals surface area contributed by atoms with Crippen molar-refractivity contribution in [3.8, 4) is 0 Å². The van der Waals surface area contributed by atoms with E-state index in [9.17, 15) is 5.11 Å². The lowest BCUT2D eigenvalue weighted by atomic mass is 10.0. The molecule has 16 heavy (non-hydrogen) atoms. The van der Waals surface area contributed by atoms with Crippen LogP contribution in [0.15, 0.2) is 36.5 Å². The third kappa shape index (κ3) is 2.05. The van der Waals surface area contributed by atoms with E-state index in [4.69, 9.17) is 4.74 Å². The van der Waals surface area contributed by atoms with Crippen molar-refractivity contribution in [2.75, 3.05) is 7.11 Å². The summed E-state index contributed by atoms with van der Waals surface area (Å²) in [6.07, 6.45) is 0.913. The number of methoxy groups -OCH3 is 1. The van der Waals surface area contributed by atoms with E-state index in [1.165, 1.54) is 0 Å². The van der Waals surface area contributed by atoms with Gasteiger partial charge in [-0.15, -0.1) is 0 Å². The van der Waals surface area contributed by atoms with Crippen LogP contribution >= 0.6 is 0 Å². The van der Waals surface area contributed by atoms with Crippen LogP contribution in [0.25, 0.3) is 10.9 Å². The van der Waals surface area contributed by atoms with Gasteiger partial charge >= 0.3 is 0 Å². The van der Waals surface area contributed by atoms with Crippen molar-refractivity contribution in [2.45, 2.75) is 19.1 Å². The van der Waals surface area contributed by atoms with Gasteiger partial charge in [-0.2, -0.15) is 0 Å². The maximum absolute atomic E-state index is 10.00. The Morgan fingerprint density at radius 2 is 2.12 bits per heavy atom. The van der Waals surface area contributed by atoms with Crippen molar-refractivity contribution < 1.29 is 9.84 Å². The predicted octanol–water partition coefficient (Wildman–Crippen LogP) is 2.30. The molecule has 1 aromatic heterocycles. The van der Waals surface area contributed by atoms with Crippen LogP contribution in [0.2, 0.25) is 0 Å². The van der Waals surface area contributed by atoms with Crippen LogP contribution in [0.4, 0.5) is 0 Å². The van der Waals surface area contributed by atoms with Gasteiger partial charge in [0.05, 0.1) is 11.6 Å². The Morgan fingerprint density at radius 1 is 1.31 bits per heavy atom. The summed E-state index contributed by atoms with van der Waals surface area (Å²) in [7, 11) is 1.59. The van der Waals surface area contributed by atoms with Crippen molar-refractivity contribution in [1.29, 1.82) is 0 Å². The normalized spacial score (nSPS) is 14.9. The summed E-state index contributed by atoms with van der Waals surface area (Å²) >= 11 is 0. The van der Waals surface area contributed by atoms with Crippen molar-refractivity contribution in [2.24, 2.45) is 0 Å². The lowest BCUT2D eigenvalue weighted by molar-refractivity contribution is -0.00136. The molecular weight excluding hydrogens is 202 g/mol. The topological polar surface area (TPSA) is 42.4 Å². The van der Waals surface area contributed by atoms with E-state index in [0.717, 1.165) is 16.5 Å². The number of aromatic nitrogens is 1. The van der Waals surface area contributed by atoms with Gasteiger partial charge in [-0.3, -0.25) is 4.98 Å². The van der Waals surface area contributed by atoms with E-state index >= 15 is 0 Å². The molecule has 0 fully saturated rings. The molecule has 0 aliphatic rings. The number of rotatable bonds is 3. The van der Waals surface area contributed by atoms with E-state index in [1.807, 2.05) is 37.3 Å². The molecule has 2 aromatic rings. The van der Waals surface area contributed by atoms with Crippen LogP contribution in [0.5, 0.6) is 0 Å². The van der Waals surface area contributed by atoms with Gasteiger partial charge in [0.15, 0.2) is 0 Å². The summed E-state index contributed by atoms with van der Waals surface area (Å²) in [5.41, 5.74) is 1.72. The van der Waals surface area contributed by atoms with Crippen LogP contribution in [0.3, 0.4) is 0 Å². The molecule has 0 spiro atoms. The minimum atomic E-state index is -0.614. The highest BCUT2D eigenvalue weighted by Crippen LogP contribution is 2.22. The molecule has 1 heterocycles. The van der Waals surface area contributed by atoms with Crippen molar-refractivity contribution >= 4 is 10.9 Å². The average molecular weight is 217 g/mol. The molecule has 1 N–H and O–H groups in total. The van der Waals surface area contributed by atoms with Gasteiger partial charge in [0, 0.05) is 18.7 Å². The zero-order valence-corrected chi connectivity index (χ0v) is 9.42. The highest BCUT2D eigenvalue weighted by atomic mass is 16.5. The first kappa shape index (κ1) is 11.0. The Kier molecular flexibility index (Phi) is 3.17. The molecule has 0 saturated carbocycles. The molecule has 2 atom stereocenters. The van der Waals surface area contributed by atoms with E-state index in [1.54, 1.807) is 13.3 Å². The van der Waals surface area contributed by atoms with Gasteiger partial charge in [-0.05, 0) is 24.6 Å². The maximum atomic E-state index is 10.00. The molecule has 3 heteroatoms. The van der Waals surface area contributed by atoms with Crippen molar-refractivity contribution in [3.63, 3.8) is 0 Å². The molecular formula is C13H15NO2. The Morgan fingerprint density at radius 3 is 2.88 bits per heavy atom. The molecule has 0 aliphatic carbocycles. The van der Waals surface area contributed by atoms with E-state index in [0.29, 0.717) is 0 Å². The minimum absolute atomic E-state index is 0.221. The number of fused-ring (bicyclic) bond motifs is 1. The Labute approximate surface area is 94.7 Å². The van der Waals surface area contributed by atoms with Crippen LogP contribution in [-0.2, 0) is 4.74 Å². The second kappa shape index (κ2) is 4.60. The number of hydrogen-bond donors (Lipinski definition) is 1. The van der Waals surface area contributed by atoms with Crippen LogP contribution < -0.4 is 0 Å². The number of aliphatic hydroxyl groups excluding tert-OH is 1. The second-order valence-electron chi connectivity index (χ2n) is 3.84. The number of ether oxygens (including phenoxy) is 1. The summed E-state index contributed by atoms with van der Waals surface area (Å²) in [6, 6.07) is 9.66. The summed E-state index contributed by atoms with van der Waals surface area (Å²) in [6.45, 7) is 1.84. The molecule has 0 radical (unpaired) electrons. The van der Waals surface area contributed by atoms with Crippen LogP contribution in [0.1, 0.15) is 18.6 Å². The summed E-state index contributed by atoms with van der Waals surface area (Å²) in [4.78, 5) is 4.26. The van der Waals surface area contributed by atoms with Gasteiger partial charge in [0.1, 0.15) is 6.10 Å². The minimum Gasteiger partial charge on any atom is -0.386 e. The second-order valence-corrected chi connectivity index (χ2v) is 3.84. The van der Waals surface area contributed by atoms with Gasteiger partial charge in [0.2, 0.25) is 0 Å². The lowest BCUT2D eigenvalue weighted by Gasteiger charge is -2.17. The first-order valence-electron chi connectivity index (χ1n) is 5.28. The van der Waals surface area contributed by atoms with Crippen LogP contribution in [-0.4, -0.2) is 23.3 Å². The first-order chi connectivity index (χ1) is 7.72. The van der Waals surface area contributed by atoms with Gasteiger partial charge < -0.3 is 9.84 Å². The predicted molar refractivity (Wildman–Crippen MR) is 63.2 cm³/mol. The maximum Gasteiger partial charge on any atom is 0.105 e. The molecule has 2 rings (SSSR count). The fraction of sp³-hybridized carbons (Fsp3) is 0.308. The average Bonchev–Trinajstić information content (AvgIpc) is 2.36. The fourth-order valence-corrected chi connectivity index (χ4v) is 1.67. The van der Waals surface area contributed by atoms with Gasteiger partial charge in [0.25, 0.3) is 0 Å². The Bertz CT molecular complexity index is 484. The highest BCUT2D eigenvalue weighted by molar-refractivity contribution is 5.78. The standard InChI is InChI=1S/C13H15NO2/c1-9(16-2)13(15)11-6-5-10-4-3-7-14-12(10)8-11/h3-9,13,15H,1-2H3.